The Morgan fingerprint density at radius 2 is 1.87 bits per heavy atom. The summed E-state index contributed by atoms with van der Waals surface area (Å²) in [4.78, 5) is 34.5. The molecule has 0 spiro atoms. The van der Waals surface area contributed by atoms with Gasteiger partial charge in [-0.3, -0.25) is 14.4 Å². The molecule has 124 valence electrons. The van der Waals surface area contributed by atoms with Gasteiger partial charge in [-0.1, -0.05) is 36.4 Å². The fraction of sp³-hybridized carbons (Fsp3) is 0.353. The quantitative estimate of drug-likeness (QED) is 0.598. The number of carboxylic acids is 1. The van der Waals surface area contributed by atoms with E-state index in [4.69, 9.17) is 5.11 Å². The Labute approximate surface area is 135 Å². The van der Waals surface area contributed by atoms with Crippen LogP contribution in [0.15, 0.2) is 43.0 Å². The van der Waals surface area contributed by atoms with Gasteiger partial charge >= 0.3 is 5.97 Å². The van der Waals surface area contributed by atoms with Crippen LogP contribution in [-0.4, -0.2) is 35.0 Å². The van der Waals surface area contributed by atoms with E-state index in [1.807, 2.05) is 30.3 Å². The van der Waals surface area contributed by atoms with Crippen molar-refractivity contribution in [2.45, 2.75) is 38.3 Å². The van der Waals surface area contributed by atoms with Gasteiger partial charge in [-0.25, -0.2) is 0 Å². The molecule has 1 aromatic rings. The van der Waals surface area contributed by atoms with Crippen molar-refractivity contribution in [3.05, 3.63) is 48.6 Å². The fourth-order valence-corrected chi connectivity index (χ4v) is 2.23. The second-order valence-electron chi connectivity index (χ2n) is 5.27. The van der Waals surface area contributed by atoms with Gasteiger partial charge in [-0.15, -0.1) is 6.58 Å². The molecule has 0 aromatic heterocycles. The van der Waals surface area contributed by atoms with Gasteiger partial charge < -0.3 is 15.7 Å². The molecule has 1 rings (SSSR count). The summed E-state index contributed by atoms with van der Waals surface area (Å²) in [6.07, 6.45) is 2.02. The topological polar surface area (TPSA) is 95.5 Å². The SMILES string of the molecule is C=CCC(NC(C)=O)C(=O)N[C@H](CC(=O)O)Cc1ccccc1. The van der Waals surface area contributed by atoms with Gasteiger partial charge in [0.1, 0.15) is 6.04 Å². The zero-order valence-corrected chi connectivity index (χ0v) is 13.1. The monoisotopic (exact) mass is 318 g/mol. The third kappa shape index (κ3) is 7.26. The summed E-state index contributed by atoms with van der Waals surface area (Å²) in [5, 5.41) is 14.3. The summed E-state index contributed by atoms with van der Waals surface area (Å²) in [5.41, 5.74) is 0.929. The van der Waals surface area contributed by atoms with Crippen LogP contribution < -0.4 is 10.6 Å². The largest absolute Gasteiger partial charge is 0.481 e. The highest BCUT2D eigenvalue weighted by molar-refractivity contribution is 5.87. The molecular formula is C17H22N2O4. The first-order chi connectivity index (χ1) is 10.9. The van der Waals surface area contributed by atoms with Crippen molar-refractivity contribution in [2.75, 3.05) is 0 Å². The molecule has 0 bridgehead atoms. The second kappa shape index (κ2) is 9.40. The number of aliphatic carboxylic acids is 1. The minimum absolute atomic E-state index is 0.193. The highest BCUT2D eigenvalue weighted by Gasteiger charge is 2.22. The molecular weight excluding hydrogens is 296 g/mol. The summed E-state index contributed by atoms with van der Waals surface area (Å²) in [6, 6.07) is 8.01. The summed E-state index contributed by atoms with van der Waals surface area (Å²) < 4.78 is 0. The van der Waals surface area contributed by atoms with Crippen LogP contribution in [0.5, 0.6) is 0 Å². The van der Waals surface area contributed by atoms with E-state index in [1.54, 1.807) is 0 Å². The van der Waals surface area contributed by atoms with Crippen LogP contribution in [0.2, 0.25) is 0 Å². The van der Waals surface area contributed by atoms with Gasteiger partial charge in [-0.05, 0) is 18.4 Å². The average molecular weight is 318 g/mol. The van der Waals surface area contributed by atoms with Gasteiger partial charge in [0, 0.05) is 13.0 Å². The lowest BCUT2D eigenvalue weighted by molar-refractivity contribution is -0.138. The number of carbonyl (C=O) groups is 3. The molecule has 1 unspecified atom stereocenters. The maximum absolute atomic E-state index is 12.3. The highest BCUT2D eigenvalue weighted by atomic mass is 16.4. The maximum Gasteiger partial charge on any atom is 0.305 e. The van der Waals surface area contributed by atoms with Crippen LogP contribution in [0.4, 0.5) is 0 Å². The Morgan fingerprint density at radius 3 is 2.39 bits per heavy atom. The third-order valence-corrected chi connectivity index (χ3v) is 3.19. The van der Waals surface area contributed by atoms with E-state index in [9.17, 15) is 14.4 Å². The second-order valence-corrected chi connectivity index (χ2v) is 5.27. The summed E-state index contributed by atoms with van der Waals surface area (Å²) in [5.74, 6) is -1.74. The molecule has 0 heterocycles. The number of carboxylic acid groups (broad SMARTS) is 1. The molecule has 3 N–H and O–H groups in total. The van der Waals surface area contributed by atoms with E-state index < -0.39 is 24.0 Å². The van der Waals surface area contributed by atoms with Crippen molar-refractivity contribution in [2.24, 2.45) is 0 Å². The zero-order chi connectivity index (χ0) is 17.2. The van der Waals surface area contributed by atoms with E-state index in [1.165, 1.54) is 13.0 Å². The number of nitrogens with one attached hydrogen (secondary N) is 2. The predicted molar refractivity (Wildman–Crippen MR) is 86.7 cm³/mol. The standard InChI is InChI=1S/C17H22N2O4/c1-3-7-15(18-12(2)20)17(23)19-14(11-16(21)22)10-13-8-5-4-6-9-13/h3-6,8-9,14-15H,1,7,10-11H2,2H3,(H,18,20)(H,19,23)(H,21,22)/t14-,15?/m0/s1. The minimum atomic E-state index is -0.994. The Hall–Kier alpha value is -2.63. The van der Waals surface area contributed by atoms with Crippen LogP contribution in [0.25, 0.3) is 0 Å². The number of carbonyl (C=O) groups excluding carboxylic acids is 2. The molecule has 0 radical (unpaired) electrons. The maximum atomic E-state index is 12.3. The van der Waals surface area contributed by atoms with Gasteiger partial charge in [0.15, 0.2) is 0 Å². The van der Waals surface area contributed by atoms with Gasteiger partial charge in [0.2, 0.25) is 11.8 Å². The van der Waals surface area contributed by atoms with Crippen LogP contribution in [0, 0.1) is 0 Å². The molecule has 1 aromatic carbocycles. The van der Waals surface area contributed by atoms with Crippen molar-refractivity contribution < 1.29 is 19.5 Å². The molecule has 0 aliphatic carbocycles. The number of hydrogen-bond donors (Lipinski definition) is 3. The number of benzene rings is 1. The molecule has 2 amide bonds. The zero-order valence-electron chi connectivity index (χ0n) is 13.1. The number of hydrogen-bond acceptors (Lipinski definition) is 3. The van der Waals surface area contributed by atoms with Gasteiger partial charge in [0.05, 0.1) is 6.42 Å². The number of amides is 2. The van der Waals surface area contributed by atoms with Crippen molar-refractivity contribution in [1.82, 2.24) is 10.6 Å². The molecule has 0 aliphatic rings. The van der Waals surface area contributed by atoms with Crippen molar-refractivity contribution in [3.63, 3.8) is 0 Å². The summed E-state index contributed by atoms with van der Waals surface area (Å²) >= 11 is 0. The minimum Gasteiger partial charge on any atom is -0.481 e. The first-order valence-corrected chi connectivity index (χ1v) is 7.36. The Balaban J connectivity index is 2.77. The molecule has 2 atom stereocenters. The van der Waals surface area contributed by atoms with Crippen LogP contribution in [0.3, 0.4) is 0 Å². The van der Waals surface area contributed by atoms with Gasteiger partial charge in [-0.2, -0.15) is 0 Å². The fourth-order valence-electron chi connectivity index (χ4n) is 2.23. The Bertz CT molecular complexity index is 557. The molecule has 6 nitrogen and oxygen atoms in total. The molecule has 0 aliphatic heterocycles. The average Bonchev–Trinajstić information content (AvgIpc) is 2.46. The summed E-state index contributed by atoms with van der Waals surface area (Å²) in [7, 11) is 0. The normalized spacial score (nSPS) is 12.7. The molecule has 0 fully saturated rings. The molecule has 23 heavy (non-hydrogen) atoms. The van der Waals surface area contributed by atoms with Crippen LogP contribution in [0.1, 0.15) is 25.3 Å². The predicted octanol–water partition coefficient (Wildman–Crippen LogP) is 1.27. The molecule has 0 saturated heterocycles. The number of rotatable bonds is 9. The first-order valence-electron chi connectivity index (χ1n) is 7.36. The van der Waals surface area contributed by atoms with E-state index in [0.717, 1.165) is 5.56 Å². The van der Waals surface area contributed by atoms with Crippen molar-refractivity contribution in [3.8, 4) is 0 Å². The smallest absolute Gasteiger partial charge is 0.305 e. The van der Waals surface area contributed by atoms with Crippen molar-refractivity contribution >= 4 is 17.8 Å². The van der Waals surface area contributed by atoms with Crippen LogP contribution >= 0.6 is 0 Å². The lowest BCUT2D eigenvalue weighted by atomic mass is 10.0. The van der Waals surface area contributed by atoms with E-state index in [-0.39, 0.29) is 18.7 Å². The first kappa shape index (κ1) is 18.4. The lowest BCUT2D eigenvalue weighted by Crippen LogP contribution is -2.50. The highest BCUT2D eigenvalue weighted by Crippen LogP contribution is 2.07. The van der Waals surface area contributed by atoms with E-state index in [0.29, 0.717) is 6.42 Å². The molecule has 6 heteroatoms. The lowest BCUT2D eigenvalue weighted by Gasteiger charge is -2.21. The van der Waals surface area contributed by atoms with Crippen LogP contribution in [-0.2, 0) is 20.8 Å². The Kier molecular flexibility index (Phi) is 7.53. The van der Waals surface area contributed by atoms with Gasteiger partial charge in [0.25, 0.3) is 0 Å². The molecule has 0 saturated carbocycles. The Morgan fingerprint density at radius 1 is 1.22 bits per heavy atom. The van der Waals surface area contributed by atoms with E-state index >= 15 is 0 Å². The summed E-state index contributed by atoms with van der Waals surface area (Å²) in [6.45, 7) is 4.88. The van der Waals surface area contributed by atoms with E-state index in [2.05, 4.69) is 17.2 Å². The van der Waals surface area contributed by atoms with Crippen molar-refractivity contribution in [1.29, 1.82) is 0 Å². The third-order valence-electron chi connectivity index (χ3n) is 3.19.